The zero-order valence-corrected chi connectivity index (χ0v) is 25.9. The van der Waals surface area contributed by atoms with Crippen LogP contribution < -0.4 is 9.64 Å². The molecule has 6 nitrogen and oxygen atoms in total. The maximum atomic E-state index is 13.6. The molecule has 0 radical (unpaired) electrons. The lowest BCUT2D eigenvalue weighted by molar-refractivity contribution is 0.0745. The molecule has 0 bridgehead atoms. The molecule has 0 atom stereocenters. The Morgan fingerprint density at radius 1 is 0.791 bits per heavy atom. The Bertz CT molecular complexity index is 1630. The van der Waals surface area contributed by atoms with Gasteiger partial charge in [0.25, 0.3) is 5.91 Å². The number of nitrogens with zero attached hydrogens (tertiary/aromatic N) is 2. The van der Waals surface area contributed by atoms with Crippen LogP contribution >= 0.6 is 0 Å². The number of ether oxygens (including phenoxy) is 1. The van der Waals surface area contributed by atoms with Gasteiger partial charge >= 0.3 is 0 Å². The molecule has 7 heteroatoms. The van der Waals surface area contributed by atoms with E-state index >= 15 is 0 Å². The van der Waals surface area contributed by atoms with Gasteiger partial charge in [0.05, 0.1) is 16.3 Å². The average Bonchev–Trinajstić information content (AvgIpc) is 3.04. The van der Waals surface area contributed by atoms with E-state index in [-0.39, 0.29) is 16.6 Å². The smallest absolute Gasteiger partial charge is 0.254 e. The Morgan fingerprint density at radius 3 is 2.19 bits per heavy atom. The second kappa shape index (κ2) is 13.9. The highest BCUT2D eigenvalue weighted by atomic mass is 32.2. The molecule has 0 saturated carbocycles. The maximum absolute atomic E-state index is 13.6. The highest BCUT2D eigenvalue weighted by Gasteiger charge is 2.26. The van der Waals surface area contributed by atoms with Crippen LogP contribution in [-0.2, 0) is 28.6 Å². The van der Waals surface area contributed by atoms with Crippen LogP contribution in [0.25, 0.3) is 0 Å². The van der Waals surface area contributed by atoms with Gasteiger partial charge in [-0.05, 0) is 66.3 Å². The molecular formula is C36H40N2O4S. The fourth-order valence-corrected chi connectivity index (χ4v) is 6.78. The van der Waals surface area contributed by atoms with E-state index in [0.29, 0.717) is 38.3 Å². The number of piperazine rings is 1. The van der Waals surface area contributed by atoms with Gasteiger partial charge in [-0.25, -0.2) is 8.42 Å². The van der Waals surface area contributed by atoms with Crippen molar-refractivity contribution in [3.63, 3.8) is 0 Å². The van der Waals surface area contributed by atoms with Crippen LogP contribution in [0.2, 0.25) is 0 Å². The molecule has 1 heterocycles. The minimum atomic E-state index is -3.61. The zero-order valence-electron chi connectivity index (χ0n) is 25.0. The topological polar surface area (TPSA) is 66.9 Å². The summed E-state index contributed by atoms with van der Waals surface area (Å²) in [4.78, 5) is 17.9. The van der Waals surface area contributed by atoms with Crippen LogP contribution in [0.4, 0.5) is 5.69 Å². The molecule has 0 aromatic heterocycles. The molecule has 1 aliphatic rings. The molecule has 4 aromatic carbocycles. The van der Waals surface area contributed by atoms with Crippen LogP contribution in [0.1, 0.15) is 52.4 Å². The number of amides is 1. The van der Waals surface area contributed by atoms with E-state index in [1.165, 1.54) is 5.56 Å². The fraction of sp³-hybridized carbons (Fsp3) is 0.306. The molecule has 0 aliphatic carbocycles. The number of unbranched alkanes of at least 4 members (excludes halogenated alkanes) is 1. The standard InChI is InChI=1S/C36H40N2O4S/c1-3-4-10-29-16-18-31(19-17-29)27-43(40,41)32-20-15-28(2)33(25-32)36(39)38-23-21-37(22-24-38)34-13-8-9-14-35(34)42-26-30-11-6-5-7-12-30/h5-9,11-20,25H,3-4,10,21-24,26-27H2,1-2H3. The molecule has 1 fully saturated rings. The van der Waals surface area contributed by atoms with Crippen molar-refractivity contribution in [3.05, 3.63) is 125 Å². The SMILES string of the molecule is CCCCc1ccc(CS(=O)(=O)c2ccc(C)c(C(=O)N3CCN(c4ccccc4OCc4ccccc4)CC3)c2)cc1. The third kappa shape index (κ3) is 7.65. The summed E-state index contributed by atoms with van der Waals surface area (Å²) in [6, 6.07) is 30.8. The van der Waals surface area contributed by atoms with E-state index in [1.54, 1.807) is 18.2 Å². The largest absolute Gasteiger partial charge is 0.487 e. The number of para-hydroxylation sites is 2. The molecule has 224 valence electrons. The van der Waals surface area contributed by atoms with Gasteiger partial charge in [0.1, 0.15) is 12.4 Å². The lowest BCUT2D eigenvalue weighted by Gasteiger charge is -2.37. The van der Waals surface area contributed by atoms with Gasteiger partial charge in [-0.2, -0.15) is 0 Å². The summed E-state index contributed by atoms with van der Waals surface area (Å²) in [5, 5.41) is 0. The van der Waals surface area contributed by atoms with E-state index in [0.717, 1.165) is 47.4 Å². The zero-order chi connectivity index (χ0) is 30.2. The second-order valence-electron chi connectivity index (χ2n) is 11.2. The molecular weight excluding hydrogens is 556 g/mol. The van der Waals surface area contributed by atoms with Gasteiger partial charge < -0.3 is 14.5 Å². The van der Waals surface area contributed by atoms with Crippen molar-refractivity contribution >= 4 is 21.4 Å². The van der Waals surface area contributed by atoms with Gasteiger partial charge in [0, 0.05) is 31.7 Å². The minimum Gasteiger partial charge on any atom is -0.487 e. The third-order valence-electron chi connectivity index (χ3n) is 8.01. The molecule has 1 aliphatic heterocycles. The number of hydrogen-bond acceptors (Lipinski definition) is 5. The lowest BCUT2D eigenvalue weighted by Crippen LogP contribution is -2.49. The number of benzene rings is 4. The first-order valence-corrected chi connectivity index (χ1v) is 16.7. The molecule has 1 saturated heterocycles. The summed E-state index contributed by atoms with van der Waals surface area (Å²) < 4.78 is 32.9. The monoisotopic (exact) mass is 596 g/mol. The highest BCUT2D eigenvalue weighted by molar-refractivity contribution is 7.90. The summed E-state index contributed by atoms with van der Waals surface area (Å²) in [6.45, 7) is 6.88. The van der Waals surface area contributed by atoms with E-state index < -0.39 is 9.84 Å². The second-order valence-corrected chi connectivity index (χ2v) is 13.2. The Morgan fingerprint density at radius 2 is 1.47 bits per heavy atom. The molecule has 0 spiro atoms. The first kappa shape index (κ1) is 30.4. The van der Waals surface area contributed by atoms with Gasteiger partial charge in [0.2, 0.25) is 0 Å². The van der Waals surface area contributed by atoms with Crippen LogP contribution in [0.3, 0.4) is 0 Å². The van der Waals surface area contributed by atoms with Crippen molar-refractivity contribution in [2.75, 3.05) is 31.1 Å². The Labute approximate surface area is 255 Å². The summed E-state index contributed by atoms with van der Waals surface area (Å²) in [6.07, 6.45) is 3.23. The van der Waals surface area contributed by atoms with Gasteiger partial charge in [-0.3, -0.25) is 4.79 Å². The maximum Gasteiger partial charge on any atom is 0.254 e. The molecule has 1 amide bonds. The van der Waals surface area contributed by atoms with Crippen LogP contribution in [-0.4, -0.2) is 45.4 Å². The predicted molar refractivity (Wildman–Crippen MR) is 172 cm³/mol. The van der Waals surface area contributed by atoms with E-state index in [4.69, 9.17) is 4.74 Å². The first-order valence-electron chi connectivity index (χ1n) is 15.1. The van der Waals surface area contributed by atoms with Gasteiger partial charge in [-0.1, -0.05) is 86.1 Å². The summed E-state index contributed by atoms with van der Waals surface area (Å²) >= 11 is 0. The van der Waals surface area contributed by atoms with Crippen molar-refractivity contribution in [1.29, 1.82) is 0 Å². The Balaban J connectivity index is 1.23. The normalized spacial score (nSPS) is 13.6. The summed E-state index contributed by atoms with van der Waals surface area (Å²) in [7, 11) is -3.61. The summed E-state index contributed by atoms with van der Waals surface area (Å²) in [5.74, 6) is 0.584. The van der Waals surface area contributed by atoms with Crippen molar-refractivity contribution in [1.82, 2.24) is 4.90 Å². The van der Waals surface area contributed by atoms with Crippen molar-refractivity contribution in [2.45, 2.75) is 50.4 Å². The number of anilines is 1. The predicted octanol–water partition coefficient (Wildman–Crippen LogP) is 6.85. The number of aryl methyl sites for hydroxylation is 2. The van der Waals surface area contributed by atoms with Crippen LogP contribution in [0.15, 0.2) is 102 Å². The van der Waals surface area contributed by atoms with Crippen LogP contribution in [0, 0.1) is 6.92 Å². The number of rotatable bonds is 11. The fourth-order valence-electron chi connectivity index (χ4n) is 5.41. The third-order valence-corrected chi connectivity index (χ3v) is 9.69. The number of sulfone groups is 1. The van der Waals surface area contributed by atoms with E-state index in [9.17, 15) is 13.2 Å². The number of carbonyl (C=O) groups is 1. The average molecular weight is 597 g/mol. The van der Waals surface area contributed by atoms with Crippen LogP contribution in [0.5, 0.6) is 5.75 Å². The number of carbonyl (C=O) groups excluding carboxylic acids is 1. The minimum absolute atomic E-state index is 0.0951. The van der Waals surface area contributed by atoms with E-state index in [1.807, 2.05) is 84.6 Å². The van der Waals surface area contributed by atoms with Gasteiger partial charge in [0.15, 0.2) is 9.84 Å². The Kier molecular flexibility index (Phi) is 9.82. The Hall–Kier alpha value is -4.10. The molecule has 0 N–H and O–H groups in total. The van der Waals surface area contributed by atoms with Crippen molar-refractivity contribution in [3.8, 4) is 5.75 Å². The highest BCUT2D eigenvalue weighted by Crippen LogP contribution is 2.30. The molecule has 0 unspecified atom stereocenters. The molecule has 4 aromatic rings. The first-order chi connectivity index (χ1) is 20.8. The molecule has 5 rings (SSSR count). The number of hydrogen-bond donors (Lipinski definition) is 0. The quantitative estimate of drug-likeness (QED) is 0.189. The lowest BCUT2D eigenvalue weighted by atomic mass is 10.1. The summed E-state index contributed by atoms with van der Waals surface area (Å²) in [5.41, 5.74) is 5.29. The van der Waals surface area contributed by atoms with E-state index in [2.05, 4.69) is 17.9 Å². The molecule has 43 heavy (non-hydrogen) atoms. The van der Waals surface area contributed by atoms with Gasteiger partial charge in [-0.15, -0.1) is 0 Å². The van der Waals surface area contributed by atoms with Crippen molar-refractivity contribution < 1.29 is 17.9 Å². The van der Waals surface area contributed by atoms with Crippen molar-refractivity contribution in [2.24, 2.45) is 0 Å².